The summed E-state index contributed by atoms with van der Waals surface area (Å²) in [6.07, 6.45) is 0.834. The fourth-order valence-electron chi connectivity index (χ4n) is 5.12. The lowest BCUT2D eigenvalue weighted by atomic mass is 10.0. The van der Waals surface area contributed by atoms with Gasteiger partial charge in [0.2, 0.25) is 11.8 Å². The number of likely N-dealkylation sites (N-methyl/N-ethyl adjacent to an activating group) is 1. The molecular weight excluding hydrogens is 579 g/mol. The molecule has 0 saturated carbocycles. The Morgan fingerprint density at radius 3 is 2.31 bits per heavy atom. The number of rotatable bonds is 9. The van der Waals surface area contributed by atoms with E-state index >= 15 is 0 Å². The fraction of sp³-hybridized carbons (Fsp3) is 0.258. The van der Waals surface area contributed by atoms with Gasteiger partial charge < -0.3 is 10.2 Å². The Morgan fingerprint density at radius 1 is 0.952 bits per heavy atom. The highest BCUT2D eigenvalue weighted by molar-refractivity contribution is 6.36. The molecule has 42 heavy (non-hydrogen) atoms. The summed E-state index contributed by atoms with van der Waals surface area (Å²) < 4.78 is 0. The van der Waals surface area contributed by atoms with Crippen LogP contribution in [-0.2, 0) is 29.1 Å². The Morgan fingerprint density at radius 2 is 1.62 bits per heavy atom. The van der Waals surface area contributed by atoms with Crippen LogP contribution in [0.2, 0.25) is 10.0 Å². The zero-order valence-corrected chi connectivity index (χ0v) is 24.3. The number of fused-ring (bicyclic) bond motifs is 1. The first-order valence-corrected chi connectivity index (χ1v) is 14.2. The van der Waals surface area contributed by atoms with Crippen LogP contribution in [0.15, 0.2) is 60.7 Å². The lowest BCUT2D eigenvalue weighted by Crippen LogP contribution is -2.54. The van der Waals surface area contributed by atoms with Crippen molar-refractivity contribution < 1.29 is 24.0 Å². The van der Waals surface area contributed by atoms with E-state index in [0.29, 0.717) is 10.0 Å². The van der Waals surface area contributed by atoms with E-state index in [0.717, 1.165) is 41.1 Å². The molecule has 2 N–H and O–H groups in total. The quantitative estimate of drug-likeness (QED) is 0.356. The topological polar surface area (TPSA) is 116 Å². The minimum Gasteiger partial charge on any atom is -0.348 e. The van der Waals surface area contributed by atoms with Gasteiger partial charge in [0.25, 0.3) is 17.7 Å². The van der Waals surface area contributed by atoms with E-state index in [9.17, 15) is 24.0 Å². The van der Waals surface area contributed by atoms with Crippen molar-refractivity contribution in [2.24, 2.45) is 0 Å². The van der Waals surface area contributed by atoms with Crippen molar-refractivity contribution in [1.29, 1.82) is 0 Å². The molecule has 0 aliphatic carbocycles. The summed E-state index contributed by atoms with van der Waals surface area (Å²) in [4.78, 5) is 65.6. The van der Waals surface area contributed by atoms with Crippen molar-refractivity contribution in [2.75, 3.05) is 13.6 Å². The van der Waals surface area contributed by atoms with Crippen LogP contribution in [0.5, 0.6) is 0 Å². The molecule has 9 nitrogen and oxygen atoms in total. The first-order chi connectivity index (χ1) is 20.1. The average Bonchev–Trinajstić information content (AvgIpc) is 3.21. The molecule has 5 amide bonds. The molecule has 0 spiro atoms. The predicted octanol–water partition coefficient (Wildman–Crippen LogP) is 4.00. The number of hydrogen-bond acceptors (Lipinski definition) is 6. The van der Waals surface area contributed by atoms with E-state index in [-0.39, 0.29) is 36.1 Å². The van der Waals surface area contributed by atoms with Crippen molar-refractivity contribution in [3.63, 3.8) is 0 Å². The summed E-state index contributed by atoms with van der Waals surface area (Å²) in [5.41, 5.74) is 3.34. The second kappa shape index (κ2) is 12.4. The van der Waals surface area contributed by atoms with Crippen LogP contribution in [0.3, 0.4) is 0 Å². The second-order valence-corrected chi connectivity index (χ2v) is 11.2. The second-order valence-electron chi connectivity index (χ2n) is 10.4. The van der Waals surface area contributed by atoms with Crippen LogP contribution in [0.1, 0.15) is 60.6 Å². The van der Waals surface area contributed by atoms with Crippen molar-refractivity contribution in [1.82, 2.24) is 20.4 Å². The lowest BCUT2D eigenvalue weighted by molar-refractivity contribution is -0.136. The number of amides is 5. The summed E-state index contributed by atoms with van der Waals surface area (Å²) in [7, 11) is 2.03. The van der Waals surface area contributed by atoms with E-state index in [4.69, 9.17) is 23.2 Å². The molecule has 5 rings (SSSR count). The number of hydrogen-bond donors (Lipinski definition) is 2. The highest BCUT2D eigenvalue weighted by atomic mass is 35.5. The third-order valence-electron chi connectivity index (χ3n) is 7.44. The van der Waals surface area contributed by atoms with Crippen molar-refractivity contribution in [3.8, 4) is 0 Å². The number of nitrogens with zero attached hydrogens (tertiary/aromatic N) is 2. The molecular formula is C31H28Cl2N4O5. The maximum absolute atomic E-state index is 13.0. The Labute approximate surface area is 252 Å². The number of nitrogens with one attached hydrogen (secondary N) is 2. The van der Waals surface area contributed by atoms with Crippen LogP contribution in [0.4, 0.5) is 0 Å². The van der Waals surface area contributed by atoms with Gasteiger partial charge in [0.15, 0.2) is 0 Å². The van der Waals surface area contributed by atoms with Crippen molar-refractivity contribution >= 4 is 52.7 Å². The van der Waals surface area contributed by atoms with Crippen LogP contribution in [0, 0.1) is 0 Å². The van der Waals surface area contributed by atoms with Crippen LogP contribution >= 0.6 is 23.2 Å². The van der Waals surface area contributed by atoms with E-state index in [1.54, 1.807) is 0 Å². The predicted molar refractivity (Wildman–Crippen MR) is 157 cm³/mol. The van der Waals surface area contributed by atoms with Gasteiger partial charge >= 0.3 is 0 Å². The minimum absolute atomic E-state index is 0.0358. The highest BCUT2D eigenvalue weighted by Gasteiger charge is 2.44. The molecule has 1 saturated heterocycles. The van der Waals surface area contributed by atoms with Gasteiger partial charge in [-0.2, -0.15) is 0 Å². The molecule has 11 heteroatoms. The number of carbonyl (C=O) groups excluding carboxylic acids is 5. The molecule has 3 aromatic carbocycles. The first-order valence-electron chi connectivity index (χ1n) is 13.5. The number of benzene rings is 3. The molecule has 3 aromatic rings. The van der Waals surface area contributed by atoms with Crippen LogP contribution in [-0.4, -0.2) is 59.0 Å². The Hall–Kier alpha value is -4.05. The summed E-state index contributed by atoms with van der Waals surface area (Å²) in [6.45, 7) is 1.78. The maximum atomic E-state index is 13.0. The average molecular weight is 607 g/mol. The number of piperidine rings is 1. The summed E-state index contributed by atoms with van der Waals surface area (Å²) in [6, 6.07) is 16.6. The Bertz CT molecular complexity index is 1570. The molecule has 1 fully saturated rings. The minimum atomic E-state index is -1.06. The molecule has 0 aromatic heterocycles. The SMILES string of the molecule is CN(CCc1c(Cl)cccc1Cl)Cc1ccc(CNC(=O)c2ccc3c(c2)C(=O)N(C2CCC(=O)NC2=O)C3=O)cc1. The standard InChI is InChI=1S/C31H28Cl2N4O5/c1-36(14-13-22-24(32)3-2-4-25(22)33)17-19-7-5-18(6-8-19)16-34-28(39)20-9-10-21-23(15-20)31(42)37(30(21)41)26-11-12-27(38)35-29(26)40/h2-10,15,26H,11-14,16-17H2,1H3,(H,34,39)(H,35,38,40). The van der Waals surface area contributed by atoms with Crippen LogP contribution in [0.25, 0.3) is 0 Å². The van der Waals surface area contributed by atoms with E-state index < -0.39 is 35.6 Å². The third-order valence-corrected chi connectivity index (χ3v) is 8.14. The van der Waals surface area contributed by atoms with E-state index in [1.807, 2.05) is 49.5 Å². The Balaban J connectivity index is 1.15. The third kappa shape index (κ3) is 6.23. The molecule has 0 bridgehead atoms. The molecule has 1 atom stereocenters. The largest absolute Gasteiger partial charge is 0.348 e. The van der Waals surface area contributed by atoms with Gasteiger partial charge in [0.1, 0.15) is 6.04 Å². The van der Waals surface area contributed by atoms with Gasteiger partial charge in [0, 0.05) is 41.7 Å². The molecule has 2 aliphatic rings. The van der Waals surface area contributed by atoms with Gasteiger partial charge in [0.05, 0.1) is 11.1 Å². The maximum Gasteiger partial charge on any atom is 0.262 e. The van der Waals surface area contributed by atoms with Gasteiger partial charge in [-0.25, -0.2) is 0 Å². The highest BCUT2D eigenvalue weighted by Crippen LogP contribution is 2.28. The van der Waals surface area contributed by atoms with Crippen LogP contribution < -0.4 is 10.6 Å². The number of carbonyl (C=O) groups is 5. The van der Waals surface area contributed by atoms with Gasteiger partial charge in [-0.15, -0.1) is 0 Å². The van der Waals surface area contributed by atoms with E-state index in [2.05, 4.69) is 15.5 Å². The summed E-state index contributed by atoms with van der Waals surface area (Å²) in [5, 5.41) is 6.33. The summed E-state index contributed by atoms with van der Waals surface area (Å²) in [5.74, 6) is -2.80. The van der Waals surface area contributed by atoms with Gasteiger partial charge in [-0.1, -0.05) is 53.5 Å². The van der Waals surface area contributed by atoms with Gasteiger partial charge in [-0.3, -0.25) is 34.2 Å². The monoisotopic (exact) mass is 606 g/mol. The lowest BCUT2D eigenvalue weighted by Gasteiger charge is -2.27. The van der Waals surface area contributed by atoms with E-state index in [1.165, 1.54) is 18.2 Å². The normalized spacial score (nSPS) is 16.6. The number of imide groups is 2. The molecule has 2 aliphatic heterocycles. The Kier molecular flexibility index (Phi) is 8.72. The molecule has 216 valence electrons. The molecule has 0 radical (unpaired) electrons. The van der Waals surface area contributed by atoms with Crippen molar-refractivity contribution in [2.45, 2.75) is 38.4 Å². The number of halogens is 2. The fourth-order valence-corrected chi connectivity index (χ4v) is 5.71. The smallest absolute Gasteiger partial charge is 0.262 e. The van der Waals surface area contributed by atoms with Crippen molar-refractivity contribution in [3.05, 3.63) is 104 Å². The molecule has 2 heterocycles. The van der Waals surface area contributed by atoms with Gasteiger partial charge in [-0.05, 0) is 66.9 Å². The molecule has 1 unspecified atom stereocenters. The zero-order chi connectivity index (χ0) is 30.0. The zero-order valence-electron chi connectivity index (χ0n) is 22.8. The first kappa shape index (κ1) is 29.4. The summed E-state index contributed by atoms with van der Waals surface area (Å²) >= 11 is 12.6.